The zero-order chi connectivity index (χ0) is 19.6. The molecule has 0 radical (unpaired) electrons. The number of guanidine groups is 1. The van der Waals surface area contributed by atoms with Gasteiger partial charge in [-0.3, -0.25) is 9.89 Å². The standard InChI is InChI=1S/C21H33N5S2/c1-3-18-15-24-20(28-18)7-10-23-21(22-4-2)25-14-17-8-11-26(12-9-17)16-19-6-5-13-27-19/h5-6,13,15,17H,3-4,7-12,14,16H2,1-2H3,(H2,22,23,25). The molecule has 0 aliphatic carbocycles. The lowest BCUT2D eigenvalue weighted by atomic mass is 9.97. The molecule has 0 atom stereocenters. The Morgan fingerprint density at radius 1 is 1.25 bits per heavy atom. The molecule has 3 heterocycles. The third kappa shape index (κ3) is 6.87. The van der Waals surface area contributed by atoms with Gasteiger partial charge in [-0.2, -0.15) is 0 Å². The highest BCUT2D eigenvalue weighted by atomic mass is 32.1. The zero-order valence-electron chi connectivity index (χ0n) is 17.1. The number of piperidine rings is 1. The lowest BCUT2D eigenvalue weighted by Gasteiger charge is -2.31. The molecule has 2 N–H and O–H groups in total. The van der Waals surface area contributed by atoms with Gasteiger partial charge in [-0.1, -0.05) is 13.0 Å². The van der Waals surface area contributed by atoms with Crippen LogP contribution in [0.3, 0.4) is 0 Å². The predicted molar refractivity (Wildman–Crippen MR) is 121 cm³/mol. The summed E-state index contributed by atoms with van der Waals surface area (Å²) in [5, 5.41) is 10.2. The van der Waals surface area contributed by atoms with E-state index in [0.717, 1.165) is 45.0 Å². The summed E-state index contributed by atoms with van der Waals surface area (Å²) in [6.07, 6.45) is 6.52. The maximum absolute atomic E-state index is 4.85. The van der Waals surface area contributed by atoms with E-state index in [2.05, 4.69) is 51.9 Å². The summed E-state index contributed by atoms with van der Waals surface area (Å²) in [6, 6.07) is 4.39. The normalized spacial score (nSPS) is 16.4. The summed E-state index contributed by atoms with van der Waals surface area (Å²) >= 11 is 3.68. The molecule has 0 spiro atoms. The maximum atomic E-state index is 4.85. The fourth-order valence-electron chi connectivity index (χ4n) is 3.43. The van der Waals surface area contributed by atoms with Crippen LogP contribution < -0.4 is 10.6 Å². The van der Waals surface area contributed by atoms with Gasteiger partial charge in [-0.15, -0.1) is 22.7 Å². The maximum Gasteiger partial charge on any atom is 0.191 e. The second-order valence-electron chi connectivity index (χ2n) is 7.27. The van der Waals surface area contributed by atoms with E-state index >= 15 is 0 Å². The van der Waals surface area contributed by atoms with Gasteiger partial charge in [0.1, 0.15) is 0 Å². The molecule has 0 unspecified atom stereocenters. The van der Waals surface area contributed by atoms with Crippen molar-refractivity contribution in [3.63, 3.8) is 0 Å². The molecule has 7 heteroatoms. The Morgan fingerprint density at radius 3 is 2.79 bits per heavy atom. The van der Waals surface area contributed by atoms with Crippen molar-refractivity contribution in [1.29, 1.82) is 0 Å². The molecule has 1 aliphatic heterocycles. The van der Waals surface area contributed by atoms with Crippen molar-refractivity contribution in [3.8, 4) is 0 Å². The van der Waals surface area contributed by atoms with Crippen LogP contribution in [-0.4, -0.2) is 48.6 Å². The zero-order valence-corrected chi connectivity index (χ0v) is 18.7. The summed E-state index contributed by atoms with van der Waals surface area (Å²) < 4.78 is 0. The molecule has 154 valence electrons. The van der Waals surface area contributed by atoms with Crippen LogP contribution in [0.4, 0.5) is 0 Å². The molecule has 1 fully saturated rings. The van der Waals surface area contributed by atoms with Gasteiger partial charge in [0.15, 0.2) is 5.96 Å². The molecular weight excluding hydrogens is 386 g/mol. The van der Waals surface area contributed by atoms with Crippen LogP contribution in [0.15, 0.2) is 28.7 Å². The van der Waals surface area contributed by atoms with Crippen molar-refractivity contribution in [2.24, 2.45) is 10.9 Å². The Kier molecular flexibility index (Phi) is 8.76. The van der Waals surface area contributed by atoms with Gasteiger partial charge in [-0.05, 0) is 56.6 Å². The number of aromatic nitrogens is 1. The lowest BCUT2D eigenvalue weighted by molar-refractivity contribution is 0.182. The SMILES string of the molecule is CCNC(=NCC1CCN(Cc2cccs2)CC1)NCCc1ncc(CC)s1. The van der Waals surface area contributed by atoms with Crippen LogP contribution in [0.2, 0.25) is 0 Å². The Balaban J connectivity index is 1.38. The smallest absolute Gasteiger partial charge is 0.191 e. The minimum atomic E-state index is 0.695. The topological polar surface area (TPSA) is 52.6 Å². The van der Waals surface area contributed by atoms with E-state index in [1.807, 2.05) is 28.9 Å². The first-order chi connectivity index (χ1) is 13.8. The van der Waals surface area contributed by atoms with Crippen LogP contribution >= 0.6 is 22.7 Å². The molecule has 0 aromatic carbocycles. The summed E-state index contributed by atoms with van der Waals surface area (Å²) in [7, 11) is 0. The van der Waals surface area contributed by atoms with Crippen LogP contribution in [0.5, 0.6) is 0 Å². The number of likely N-dealkylation sites (tertiary alicyclic amines) is 1. The van der Waals surface area contributed by atoms with E-state index in [4.69, 9.17) is 4.99 Å². The average Bonchev–Trinajstić information content (AvgIpc) is 3.39. The molecule has 1 saturated heterocycles. The summed E-state index contributed by atoms with van der Waals surface area (Å²) in [4.78, 5) is 14.8. The fourth-order valence-corrected chi connectivity index (χ4v) is 5.04. The molecule has 5 nitrogen and oxygen atoms in total. The van der Waals surface area contributed by atoms with E-state index in [1.54, 1.807) is 0 Å². The summed E-state index contributed by atoms with van der Waals surface area (Å²) in [5.41, 5.74) is 0. The van der Waals surface area contributed by atoms with Gasteiger partial charge in [0, 0.05) is 48.6 Å². The number of nitrogens with zero attached hydrogens (tertiary/aromatic N) is 3. The van der Waals surface area contributed by atoms with Gasteiger partial charge in [0.25, 0.3) is 0 Å². The van der Waals surface area contributed by atoms with Gasteiger partial charge in [0.2, 0.25) is 0 Å². The van der Waals surface area contributed by atoms with Gasteiger partial charge >= 0.3 is 0 Å². The Bertz CT molecular complexity index is 702. The number of thiazole rings is 1. The quantitative estimate of drug-likeness (QED) is 0.480. The first-order valence-corrected chi connectivity index (χ1v) is 12.2. The predicted octanol–water partition coefficient (Wildman–Crippen LogP) is 3.78. The van der Waals surface area contributed by atoms with Gasteiger partial charge in [-0.25, -0.2) is 4.98 Å². The highest BCUT2D eigenvalue weighted by Crippen LogP contribution is 2.21. The van der Waals surface area contributed by atoms with Crippen LogP contribution in [0.1, 0.15) is 41.5 Å². The van der Waals surface area contributed by atoms with E-state index in [9.17, 15) is 0 Å². The van der Waals surface area contributed by atoms with Crippen LogP contribution in [0, 0.1) is 5.92 Å². The van der Waals surface area contributed by atoms with Crippen molar-refractivity contribution < 1.29 is 0 Å². The Morgan fingerprint density at radius 2 is 2.11 bits per heavy atom. The molecule has 0 bridgehead atoms. The van der Waals surface area contributed by atoms with Crippen molar-refractivity contribution in [2.45, 2.75) is 46.1 Å². The van der Waals surface area contributed by atoms with Gasteiger partial charge < -0.3 is 10.6 Å². The molecule has 3 rings (SSSR count). The summed E-state index contributed by atoms with van der Waals surface area (Å²) in [6.45, 7) is 10.5. The lowest BCUT2D eigenvalue weighted by Crippen LogP contribution is -2.39. The monoisotopic (exact) mass is 419 g/mol. The number of aliphatic imine (C=N–C) groups is 1. The molecule has 0 amide bonds. The third-order valence-corrected chi connectivity index (χ3v) is 7.16. The second kappa shape index (κ2) is 11.5. The van der Waals surface area contributed by atoms with E-state index < -0.39 is 0 Å². The number of hydrogen-bond acceptors (Lipinski definition) is 5. The number of hydrogen-bond donors (Lipinski definition) is 2. The van der Waals surface area contributed by atoms with Crippen molar-refractivity contribution >= 4 is 28.6 Å². The number of nitrogens with one attached hydrogen (secondary N) is 2. The number of aryl methyl sites for hydroxylation is 1. The highest BCUT2D eigenvalue weighted by molar-refractivity contribution is 7.11. The van der Waals surface area contributed by atoms with E-state index in [-0.39, 0.29) is 0 Å². The minimum absolute atomic E-state index is 0.695. The molecule has 1 aliphatic rings. The van der Waals surface area contributed by atoms with Crippen LogP contribution in [-0.2, 0) is 19.4 Å². The Labute approximate surface area is 177 Å². The Hall–Kier alpha value is -1.44. The minimum Gasteiger partial charge on any atom is -0.357 e. The van der Waals surface area contributed by atoms with E-state index in [1.165, 1.54) is 40.7 Å². The molecule has 2 aromatic heterocycles. The molecule has 0 saturated carbocycles. The molecular formula is C21H33N5S2. The van der Waals surface area contributed by atoms with E-state index in [0.29, 0.717) is 5.92 Å². The third-order valence-electron chi connectivity index (χ3n) is 5.10. The van der Waals surface area contributed by atoms with Crippen molar-refractivity contribution in [1.82, 2.24) is 20.5 Å². The van der Waals surface area contributed by atoms with Crippen molar-refractivity contribution in [3.05, 3.63) is 38.5 Å². The molecule has 28 heavy (non-hydrogen) atoms. The fraction of sp³-hybridized carbons (Fsp3) is 0.619. The first kappa shape index (κ1) is 21.3. The largest absolute Gasteiger partial charge is 0.357 e. The number of thiophene rings is 1. The molecule has 2 aromatic rings. The van der Waals surface area contributed by atoms with Crippen molar-refractivity contribution in [2.75, 3.05) is 32.7 Å². The van der Waals surface area contributed by atoms with Crippen LogP contribution in [0.25, 0.3) is 0 Å². The average molecular weight is 420 g/mol. The highest BCUT2D eigenvalue weighted by Gasteiger charge is 2.19. The summed E-state index contributed by atoms with van der Waals surface area (Å²) in [5.74, 6) is 1.64. The first-order valence-electron chi connectivity index (χ1n) is 10.5. The number of rotatable bonds is 9. The second-order valence-corrected chi connectivity index (χ2v) is 9.50. The van der Waals surface area contributed by atoms with Gasteiger partial charge in [0.05, 0.1) is 5.01 Å².